The number of benzene rings is 3. The molecule has 31 heavy (non-hydrogen) atoms. The van der Waals surface area contributed by atoms with E-state index in [0.717, 1.165) is 16.7 Å². The van der Waals surface area contributed by atoms with Crippen LogP contribution in [0.25, 0.3) is 6.08 Å². The molecule has 1 saturated heterocycles. The number of halogens is 2. The van der Waals surface area contributed by atoms with Crippen LogP contribution in [0, 0.1) is 11.6 Å². The minimum absolute atomic E-state index is 0.0648. The Kier molecular flexibility index (Phi) is 6.13. The predicted octanol–water partition coefficient (Wildman–Crippen LogP) is 5.78. The zero-order chi connectivity index (χ0) is 21.8. The molecule has 0 unspecified atom stereocenters. The average Bonchev–Trinajstić information content (AvgIpc) is 3.02. The van der Waals surface area contributed by atoms with E-state index in [-0.39, 0.29) is 29.4 Å². The molecule has 2 amide bonds. The van der Waals surface area contributed by atoms with Gasteiger partial charge in [-0.1, -0.05) is 48.5 Å². The largest absolute Gasteiger partial charge is 0.489 e. The Morgan fingerprint density at radius 3 is 2.26 bits per heavy atom. The summed E-state index contributed by atoms with van der Waals surface area (Å²) < 4.78 is 33.3. The number of imide groups is 1. The molecule has 0 bridgehead atoms. The third-order valence-corrected chi connectivity index (χ3v) is 5.58. The van der Waals surface area contributed by atoms with E-state index in [0.29, 0.717) is 16.9 Å². The van der Waals surface area contributed by atoms with Gasteiger partial charge >= 0.3 is 0 Å². The smallest absolute Gasteiger partial charge is 0.293 e. The Labute approximate surface area is 182 Å². The van der Waals surface area contributed by atoms with Crippen molar-refractivity contribution >= 4 is 29.0 Å². The maximum atomic E-state index is 13.9. The number of nitrogens with zero attached hydrogens (tertiary/aromatic N) is 1. The molecular weight excluding hydrogens is 420 g/mol. The van der Waals surface area contributed by atoms with Gasteiger partial charge in [0.25, 0.3) is 11.1 Å². The molecule has 0 spiro atoms. The number of carbonyl (C=O) groups is 2. The topological polar surface area (TPSA) is 46.6 Å². The highest BCUT2D eigenvalue weighted by Gasteiger charge is 2.35. The van der Waals surface area contributed by atoms with Gasteiger partial charge in [0, 0.05) is 11.1 Å². The molecule has 7 heteroatoms. The Morgan fingerprint density at radius 2 is 1.55 bits per heavy atom. The monoisotopic (exact) mass is 437 g/mol. The van der Waals surface area contributed by atoms with Crippen molar-refractivity contribution in [3.05, 3.63) is 106 Å². The van der Waals surface area contributed by atoms with Crippen molar-refractivity contribution in [3.63, 3.8) is 0 Å². The van der Waals surface area contributed by atoms with E-state index in [2.05, 4.69) is 0 Å². The number of thioether (sulfide) groups is 1. The van der Waals surface area contributed by atoms with Gasteiger partial charge in [0.15, 0.2) is 0 Å². The minimum atomic E-state index is -0.476. The van der Waals surface area contributed by atoms with Gasteiger partial charge in [0.1, 0.15) is 24.0 Å². The van der Waals surface area contributed by atoms with Crippen molar-refractivity contribution in [1.82, 2.24) is 4.90 Å². The van der Waals surface area contributed by atoms with E-state index < -0.39 is 17.0 Å². The molecule has 1 aliphatic heterocycles. The lowest BCUT2D eigenvalue weighted by Gasteiger charge is -2.12. The van der Waals surface area contributed by atoms with Crippen LogP contribution >= 0.6 is 11.8 Å². The highest BCUT2D eigenvalue weighted by atomic mass is 32.2. The molecule has 0 N–H and O–H groups in total. The van der Waals surface area contributed by atoms with Crippen molar-refractivity contribution in [2.24, 2.45) is 0 Å². The maximum Gasteiger partial charge on any atom is 0.293 e. The van der Waals surface area contributed by atoms with Crippen LogP contribution in [0.2, 0.25) is 0 Å². The number of hydrogen-bond donors (Lipinski definition) is 0. The zero-order valence-corrected chi connectivity index (χ0v) is 17.1. The van der Waals surface area contributed by atoms with Gasteiger partial charge in [0.2, 0.25) is 0 Å². The number of hydrogen-bond acceptors (Lipinski definition) is 4. The summed E-state index contributed by atoms with van der Waals surface area (Å²) in [5.41, 5.74) is 1.36. The van der Waals surface area contributed by atoms with Crippen molar-refractivity contribution in [2.45, 2.75) is 13.2 Å². The quantitative estimate of drug-likeness (QED) is 0.459. The summed E-state index contributed by atoms with van der Waals surface area (Å²) >= 11 is 0.805. The van der Waals surface area contributed by atoms with Gasteiger partial charge in [-0.05, 0) is 47.7 Å². The van der Waals surface area contributed by atoms with Gasteiger partial charge in [0.05, 0.1) is 11.4 Å². The van der Waals surface area contributed by atoms with E-state index in [1.807, 2.05) is 0 Å². The van der Waals surface area contributed by atoms with Gasteiger partial charge in [-0.2, -0.15) is 0 Å². The van der Waals surface area contributed by atoms with E-state index >= 15 is 0 Å². The second kappa shape index (κ2) is 9.14. The van der Waals surface area contributed by atoms with Gasteiger partial charge in [-0.3, -0.25) is 14.5 Å². The van der Waals surface area contributed by atoms with Crippen LogP contribution in [0.15, 0.2) is 77.7 Å². The summed E-state index contributed by atoms with van der Waals surface area (Å²) in [4.78, 5) is 26.3. The molecule has 1 heterocycles. The molecule has 0 atom stereocenters. The van der Waals surface area contributed by atoms with Crippen molar-refractivity contribution in [3.8, 4) is 5.75 Å². The van der Waals surface area contributed by atoms with Crippen molar-refractivity contribution < 1.29 is 23.1 Å². The fourth-order valence-corrected chi connectivity index (χ4v) is 3.89. The fourth-order valence-electron chi connectivity index (χ4n) is 3.06. The first-order valence-corrected chi connectivity index (χ1v) is 10.3. The number of amides is 2. The van der Waals surface area contributed by atoms with E-state index in [1.165, 1.54) is 12.1 Å². The standard InChI is InChI=1S/C24H17F2NO3S/c25-20-10-3-1-7-17(20)14-27-23(28)22(31-24(27)29)13-16-6-5-9-19(12-16)30-15-18-8-2-4-11-21(18)26/h1-13H,14-15H2/b22-13+. The molecule has 4 rings (SSSR count). The lowest BCUT2D eigenvalue weighted by molar-refractivity contribution is -0.123. The first kappa shape index (κ1) is 20.8. The maximum absolute atomic E-state index is 13.9. The summed E-state index contributed by atoms with van der Waals surface area (Å²) in [6, 6.07) is 19.3. The SMILES string of the molecule is O=C1S/C(=C/c2cccc(OCc3ccccc3F)c2)C(=O)N1Cc1ccccc1F. The molecule has 4 nitrogen and oxygen atoms in total. The Hall–Kier alpha value is -3.45. The summed E-state index contributed by atoms with van der Waals surface area (Å²) in [5.74, 6) is -0.786. The summed E-state index contributed by atoms with van der Waals surface area (Å²) in [6.45, 7) is -0.0598. The molecule has 0 saturated carbocycles. The molecule has 0 aliphatic carbocycles. The predicted molar refractivity (Wildman–Crippen MR) is 115 cm³/mol. The lowest BCUT2D eigenvalue weighted by Crippen LogP contribution is -2.27. The first-order valence-electron chi connectivity index (χ1n) is 9.46. The lowest BCUT2D eigenvalue weighted by atomic mass is 10.2. The number of rotatable bonds is 6. The van der Waals surface area contributed by atoms with Crippen LogP contribution in [0.5, 0.6) is 5.75 Å². The van der Waals surface area contributed by atoms with E-state index in [9.17, 15) is 18.4 Å². The van der Waals surface area contributed by atoms with Crippen molar-refractivity contribution in [2.75, 3.05) is 0 Å². The Balaban J connectivity index is 1.48. The van der Waals surface area contributed by atoms with Crippen LogP contribution in [0.3, 0.4) is 0 Å². The third-order valence-electron chi connectivity index (χ3n) is 4.67. The van der Waals surface area contributed by atoms with Crippen LogP contribution in [0.1, 0.15) is 16.7 Å². The fraction of sp³-hybridized carbons (Fsp3) is 0.0833. The van der Waals surface area contributed by atoms with Crippen LogP contribution in [0.4, 0.5) is 13.6 Å². The zero-order valence-electron chi connectivity index (χ0n) is 16.3. The second-order valence-corrected chi connectivity index (χ2v) is 7.81. The van der Waals surface area contributed by atoms with Gasteiger partial charge in [-0.25, -0.2) is 8.78 Å². The molecule has 3 aromatic rings. The Bertz CT molecular complexity index is 1180. The van der Waals surface area contributed by atoms with Crippen LogP contribution in [-0.4, -0.2) is 16.0 Å². The Morgan fingerprint density at radius 1 is 0.871 bits per heavy atom. The van der Waals surface area contributed by atoms with Crippen molar-refractivity contribution in [1.29, 1.82) is 0 Å². The van der Waals surface area contributed by atoms with E-state index in [4.69, 9.17) is 4.74 Å². The summed E-state index contributed by atoms with van der Waals surface area (Å²) in [6.07, 6.45) is 1.59. The molecule has 1 aliphatic rings. The second-order valence-electron chi connectivity index (χ2n) is 6.81. The number of carbonyl (C=O) groups excluding carboxylic acids is 2. The highest BCUT2D eigenvalue weighted by molar-refractivity contribution is 8.18. The highest BCUT2D eigenvalue weighted by Crippen LogP contribution is 2.34. The molecule has 0 aromatic heterocycles. The molecule has 3 aromatic carbocycles. The van der Waals surface area contributed by atoms with Crippen LogP contribution < -0.4 is 4.74 Å². The minimum Gasteiger partial charge on any atom is -0.489 e. The summed E-state index contributed by atoms with van der Waals surface area (Å²) in [5, 5.41) is -0.452. The average molecular weight is 437 g/mol. The van der Waals surface area contributed by atoms with Crippen LogP contribution in [-0.2, 0) is 17.9 Å². The molecular formula is C24H17F2NO3S. The van der Waals surface area contributed by atoms with E-state index in [1.54, 1.807) is 66.7 Å². The molecule has 156 valence electrons. The van der Waals surface area contributed by atoms with Gasteiger partial charge < -0.3 is 4.74 Å². The summed E-state index contributed by atoms with van der Waals surface area (Å²) in [7, 11) is 0. The normalized spacial score (nSPS) is 15.0. The number of ether oxygens (including phenoxy) is 1. The third kappa shape index (κ3) is 4.83. The van der Waals surface area contributed by atoms with Gasteiger partial charge in [-0.15, -0.1) is 0 Å². The molecule has 0 radical (unpaired) electrons. The first-order chi connectivity index (χ1) is 15.0. The molecule has 1 fully saturated rings.